The van der Waals surface area contributed by atoms with Crippen molar-refractivity contribution in [2.24, 2.45) is 11.1 Å². The van der Waals surface area contributed by atoms with Crippen LogP contribution in [-0.2, 0) is 0 Å². The van der Waals surface area contributed by atoms with Gasteiger partial charge in [-0.3, -0.25) is 4.90 Å². The lowest BCUT2D eigenvalue weighted by Gasteiger charge is -2.55. The summed E-state index contributed by atoms with van der Waals surface area (Å²) in [6.45, 7) is 9.37. The van der Waals surface area contributed by atoms with E-state index in [-0.39, 0.29) is 0 Å². The molecule has 1 heterocycles. The first-order valence-electron chi connectivity index (χ1n) is 5.95. The van der Waals surface area contributed by atoms with Gasteiger partial charge in [0.15, 0.2) is 0 Å². The number of rotatable bonds is 0. The quantitative estimate of drug-likeness (QED) is 0.642. The molecular formula is C12H24N2. The van der Waals surface area contributed by atoms with E-state index in [4.69, 9.17) is 5.73 Å². The molecule has 1 saturated heterocycles. The van der Waals surface area contributed by atoms with Gasteiger partial charge in [0, 0.05) is 24.7 Å². The van der Waals surface area contributed by atoms with Crippen LogP contribution in [0, 0.1) is 5.41 Å². The second-order valence-corrected chi connectivity index (χ2v) is 6.20. The summed E-state index contributed by atoms with van der Waals surface area (Å²) in [5.41, 5.74) is 7.07. The van der Waals surface area contributed by atoms with Crippen LogP contribution in [0.5, 0.6) is 0 Å². The highest BCUT2D eigenvalue weighted by molar-refractivity contribution is 5.02. The zero-order valence-corrected chi connectivity index (χ0v) is 9.84. The maximum atomic E-state index is 6.25. The zero-order chi connectivity index (χ0) is 10.4. The maximum Gasteiger partial charge on any atom is 0.0125 e. The molecule has 0 aromatic heterocycles. The van der Waals surface area contributed by atoms with Crippen molar-refractivity contribution in [2.45, 2.75) is 58.0 Å². The average molecular weight is 196 g/mol. The van der Waals surface area contributed by atoms with Crippen LogP contribution in [0.2, 0.25) is 0 Å². The molecule has 0 bridgehead atoms. The van der Waals surface area contributed by atoms with Gasteiger partial charge < -0.3 is 5.73 Å². The van der Waals surface area contributed by atoms with E-state index in [0.717, 1.165) is 0 Å². The molecule has 0 aromatic rings. The Morgan fingerprint density at radius 3 is 2.36 bits per heavy atom. The van der Waals surface area contributed by atoms with Gasteiger partial charge in [0.05, 0.1) is 0 Å². The van der Waals surface area contributed by atoms with Crippen molar-refractivity contribution in [3.8, 4) is 0 Å². The number of piperidine rings is 1. The minimum absolute atomic E-state index is 0.322. The van der Waals surface area contributed by atoms with Gasteiger partial charge in [0.1, 0.15) is 0 Å². The topological polar surface area (TPSA) is 29.3 Å². The van der Waals surface area contributed by atoms with E-state index in [1.54, 1.807) is 0 Å². The van der Waals surface area contributed by atoms with E-state index < -0.39 is 0 Å². The first-order chi connectivity index (χ1) is 6.44. The Kier molecular flexibility index (Phi) is 2.39. The lowest BCUT2D eigenvalue weighted by atomic mass is 9.61. The van der Waals surface area contributed by atoms with Crippen LogP contribution in [0.4, 0.5) is 0 Å². The van der Waals surface area contributed by atoms with Gasteiger partial charge >= 0.3 is 0 Å². The second-order valence-electron chi connectivity index (χ2n) is 6.20. The summed E-state index contributed by atoms with van der Waals surface area (Å²) in [6, 6.07) is 0.467. The predicted molar refractivity (Wildman–Crippen MR) is 60.2 cm³/mol. The molecule has 0 amide bonds. The van der Waals surface area contributed by atoms with Crippen LogP contribution < -0.4 is 5.73 Å². The summed E-state index contributed by atoms with van der Waals surface area (Å²) < 4.78 is 0. The number of likely N-dealkylation sites (tertiary alicyclic amines) is 1. The molecule has 2 N–H and O–H groups in total. The third-order valence-corrected chi connectivity index (χ3v) is 4.30. The van der Waals surface area contributed by atoms with E-state index in [9.17, 15) is 0 Å². The minimum atomic E-state index is 0.322. The Morgan fingerprint density at radius 1 is 1.29 bits per heavy atom. The molecule has 2 heteroatoms. The lowest BCUT2D eigenvalue weighted by Crippen LogP contribution is -2.61. The fourth-order valence-electron chi connectivity index (χ4n) is 2.91. The van der Waals surface area contributed by atoms with E-state index >= 15 is 0 Å². The minimum Gasteiger partial charge on any atom is -0.327 e. The molecule has 1 atom stereocenters. The van der Waals surface area contributed by atoms with Gasteiger partial charge in [0.2, 0.25) is 0 Å². The van der Waals surface area contributed by atoms with Crippen LogP contribution in [0.25, 0.3) is 0 Å². The largest absolute Gasteiger partial charge is 0.327 e. The third kappa shape index (κ3) is 1.59. The molecule has 1 aliphatic heterocycles. The Bertz CT molecular complexity index is 213. The van der Waals surface area contributed by atoms with Crippen molar-refractivity contribution in [1.82, 2.24) is 4.90 Å². The summed E-state index contributed by atoms with van der Waals surface area (Å²) in [5.74, 6) is 0. The van der Waals surface area contributed by atoms with E-state index in [0.29, 0.717) is 17.0 Å². The Hall–Kier alpha value is -0.0800. The molecule has 2 fully saturated rings. The van der Waals surface area contributed by atoms with Crippen molar-refractivity contribution in [2.75, 3.05) is 13.1 Å². The van der Waals surface area contributed by atoms with Crippen LogP contribution in [-0.4, -0.2) is 29.6 Å². The number of nitrogens with zero attached hydrogens (tertiary/aromatic N) is 1. The third-order valence-electron chi connectivity index (χ3n) is 4.30. The predicted octanol–water partition coefficient (Wildman–Crippen LogP) is 1.99. The molecule has 1 aliphatic carbocycles. The molecule has 0 radical (unpaired) electrons. The lowest BCUT2D eigenvalue weighted by molar-refractivity contribution is -0.0354. The van der Waals surface area contributed by atoms with Crippen molar-refractivity contribution in [1.29, 1.82) is 0 Å². The number of hydrogen-bond acceptors (Lipinski definition) is 2. The van der Waals surface area contributed by atoms with Crippen LogP contribution >= 0.6 is 0 Å². The van der Waals surface area contributed by atoms with Crippen molar-refractivity contribution in [3.63, 3.8) is 0 Å². The summed E-state index contributed by atoms with van der Waals surface area (Å²) in [4.78, 5) is 2.62. The van der Waals surface area contributed by atoms with Crippen molar-refractivity contribution in [3.05, 3.63) is 0 Å². The van der Waals surface area contributed by atoms with E-state index in [1.807, 2.05) is 0 Å². The van der Waals surface area contributed by atoms with Gasteiger partial charge in [-0.15, -0.1) is 0 Å². The maximum absolute atomic E-state index is 6.25. The van der Waals surface area contributed by atoms with Gasteiger partial charge in [-0.1, -0.05) is 6.42 Å². The highest BCUT2D eigenvalue weighted by Crippen LogP contribution is 2.47. The van der Waals surface area contributed by atoms with Gasteiger partial charge in [-0.25, -0.2) is 0 Å². The molecule has 2 aliphatic rings. The van der Waals surface area contributed by atoms with Crippen LogP contribution in [0.3, 0.4) is 0 Å². The Balaban J connectivity index is 2.06. The van der Waals surface area contributed by atoms with Gasteiger partial charge in [-0.05, 0) is 45.4 Å². The first-order valence-corrected chi connectivity index (χ1v) is 5.95. The molecule has 2 rings (SSSR count). The smallest absolute Gasteiger partial charge is 0.0125 e. The average Bonchev–Trinajstić information content (AvgIpc) is 2.00. The van der Waals surface area contributed by atoms with Crippen molar-refractivity contribution >= 4 is 0 Å². The monoisotopic (exact) mass is 196 g/mol. The normalized spacial score (nSPS) is 33.0. The summed E-state index contributed by atoms with van der Waals surface area (Å²) >= 11 is 0. The van der Waals surface area contributed by atoms with Crippen molar-refractivity contribution < 1.29 is 0 Å². The van der Waals surface area contributed by atoms with Crippen LogP contribution in [0.1, 0.15) is 46.5 Å². The van der Waals surface area contributed by atoms with Crippen LogP contribution in [0.15, 0.2) is 0 Å². The summed E-state index contributed by atoms with van der Waals surface area (Å²) in [6.07, 6.45) is 5.31. The van der Waals surface area contributed by atoms with E-state index in [2.05, 4.69) is 25.7 Å². The molecule has 1 saturated carbocycles. The summed E-state index contributed by atoms with van der Waals surface area (Å²) in [7, 11) is 0. The second kappa shape index (κ2) is 3.21. The highest BCUT2D eigenvalue weighted by atomic mass is 15.2. The highest BCUT2D eigenvalue weighted by Gasteiger charge is 2.47. The van der Waals surface area contributed by atoms with E-state index in [1.165, 1.54) is 38.8 Å². The number of nitrogens with two attached hydrogens (primary N) is 1. The number of hydrogen-bond donors (Lipinski definition) is 1. The van der Waals surface area contributed by atoms with Gasteiger partial charge in [-0.2, -0.15) is 0 Å². The molecule has 14 heavy (non-hydrogen) atoms. The Morgan fingerprint density at radius 2 is 1.93 bits per heavy atom. The zero-order valence-electron chi connectivity index (χ0n) is 9.84. The molecule has 1 spiro atoms. The molecule has 0 aromatic carbocycles. The molecule has 1 unspecified atom stereocenters. The standard InChI is InChI=1S/C12H24N2/c1-11(2,3)14-8-5-10(13)12(9-14)6-4-7-12/h10H,4-9,13H2,1-3H3. The summed E-state index contributed by atoms with van der Waals surface area (Å²) in [5, 5.41) is 0. The first kappa shape index (κ1) is 10.4. The fraction of sp³-hybridized carbons (Fsp3) is 1.00. The molecule has 82 valence electrons. The molecule has 2 nitrogen and oxygen atoms in total. The fourth-order valence-corrected chi connectivity index (χ4v) is 2.91. The SMILES string of the molecule is CC(C)(C)N1CCC(N)C2(CCC2)C1. The Labute approximate surface area is 87.8 Å². The van der Waals surface area contributed by atoms with Gasteiger partial charge in [0.25, 0.3) is 0 Å². The molecular weight excluding hydrogens is 172 g/mol.